The van der Waals surface area contributed by atoms with E-state index >= 15 is 0 Å². The first kappa shape index (κ1) is 18.6. The van der Waals surface area contributed by atoms with E-state index in [-0.39, 0.29) is 24.1 Å². The number of hydrogen-bond donors (Lipinski definition) is 0. The van der Waals surface area contributed by atoms with E-state index in [2.05, 4.69) is 4.98 Å². The summed E-state index contributed by atoms with van der Waals surface area (Å²) >= 11 is 5.97. The molecule has 136 valence electrons. The highest BCUT2D eigenvalue weighted by atomic mass is 35.5. The van der Waals surface area contributed by atoms with Gasteiger partial charge in [0.15, 0.2) is 0 Å². The predicted molar refractivity (Wildman–Crippen MR) is 101 cm³/mol. The van der Waals surface area contributed by atoms with Crippen LogP contribution in [-0.4, -0.2) is 54.7 Å². The number of amides is 1. The maximum Gasteiger partial charge on any atom is 0.257 e. The van der Waals surface area contributed by atoms with Crippen molar-refractivity contribution in [1.82, 2.24) is 14.2 Å². The van der Waals surface area contributed by atoms with Crippen molar-refractivity contribution in [2.24, 2.45) is 0 Å². The highest BCUT2D eigenvalue weighted by Crippen LogP contribution is 2.17. The number of hydrogen-bond acceptors (Lipinski definition) is 4. The molecule has 1 fully saturated rings. The van der Waals surface area contributed by atoms with Gasteiger partial charge in [-0.25, -0.2) is 13.4 Å². The number of carbonyl (C=O) groups excluding carboxylic acids is 1. The van der Waals surface area contributed by atoms with Crippen molar-refractivity contribution < 1.29 is 13.2 Å². The molecule has 1 aromatic heterocycles. The monoisotopic (exact) mass is 391 g/mol. The quantitative estimate of drug-likeness (QED) is 0.751. The van der Waals surface area contributed by atoms with Gasteiger partial charge in [-0.05, 0) is 23.8 Å². The van der Waals surface area contributed by atoms with Crippen LogP contribution in [0.25, 0.3) is 6.08 Å². The molecule has 2 aromatic rings. The van der Waals surface area contributed by atoms with Crippen molar-refractivity contribution in [3.8, 4) is 0 Å². The second-order valence-corrected chi connectivity index (χ2v) is 7.97. The third kappa shape index (κ3) is 4.30. The summed E-state index contributed by atoms with van der Waals surface area (Å²) < 4.78 is 26.3. The zero-order valence-corrected chi connectivity index (χ0v) is 15.5. The minimum Gasteiger partial charge on any atom is -0.336 e. The average Bonchev–Trinajstić information content (AvgIpc) is 2.67. The van der Waals surface area contributed by atoms with Crippen LogP contribution in [0.15, 0.2) is 54.1 Å². The van der Waals surface area contributed by atoms with Crippen molar-refractivity contribution in [2.45, 2.75) is 0 Å². The molecule has 1 aromatic carbocycles. The zero-order chi connectivity index (χ0) is 18.6. The summed E-state index contributed by atoms with van der Waals surface area (Å²) in [5.41, 5.74) is 1.14. The van der Waals surface area contributed by atoms with E-state index in [1.807, 2.05) is 30.3 Å². The fourth-order valence-corrected chi connectivity index (χ4v) is 4.05. The first-order valence-electron chi connectivity index (χ1n) is 8.10. The highest BCUT2D eigenvalue weighted by Gasteiger charge is 2.28. The molecule has 2 heterocycles. The fourth-order valence-electron chi connectivity index (χ4n) is 2.68. The third-order valence-electron chi connectivity index (χ3n) is 4.11. The molecule has 0 saturated carbocycles. The molecule has 1 saturated heterocycles. The Balaban J connectivity index is 1.63. The van der Waals surface area contributed by atoms with Crippen molar-refractivity contribution in [1.29, 1.82) is 0 Å². The lowest BCUT2D eigenvalue weighted by molar-refractivity contribution is 0.0698. The minimum atomic E-state index is -3.53. The number of benzene rings is 1. The summed E-state index contributed by atoms with van der Waals surface area (Å²) in [6.45, 7) is 1.10. The molecular formula is C18H18ClN3O3S. The second kappa shape index (κ2) is 7.99. The second-order valence-electron chi connectivity index (χ2n) is 5.79. The van der Waals surface area contributed by atoms with Crippen LogP contribution in [0.2, 0.25) is 5.15 Å². The summed E-state index contributed by atoms with van der Waals surface area (Å²) in [6.07, 6.45) is 3.09. The van der Waals surface area contributed by atoms with Gasteiger partial charge in [-0.15, -0.1) is 0 Å². The molecule has 0 N–H and O–H groups in total. The van der Waals surface area contributed by atoms with Crippen molar-refractivity contribution in [2.75, 3.05) is 26.2 Å². The minimum absolute atomic E-state index is 0.151. The van der Waals surface area contributed by atoms with Gasteiger partial charge in [0.2, 0.25) is 10.0 Å². The molecule has 1 aliphatic heterocycles. The van der Waals surface area contributed by atoms with Gasteiger partial charge in [0.05, 0.1) is 5.56 Å². The summed E-state index contributed by atoms with van der Waals surface area (Å²) in [5.74, 6) is -0.236. The van der Waals surface area contributed by atoms with E-state index in [9.17, 15) is 13.2 Å². The number of aromatic nitrogens is 1. The number of halogens is 1. The van der Waals surface area contributed by atoms with Crippen LogP contribution in [0.1, 0.15) is 15.9 Å². The number of piperazine rings is 1. The first-order chi connectivity index (χ1) is 12.5. The Labute approximate surface area is 157 Å². The first-order valence-corrected chi connectivity index (χ1v) is 9.98. The largest absolute Gasteiger partial charge is 0.336 e. The van der Waals surface area contributed by atoms with Crippen LogP contribution < -0.4 is 0 Å². The van der Waals surface area contributed by atoms with Crippen LogP contribution in [0.3, 0.4) is 0 Å². The summed E-state index contributed by atoms with van der Waals surface area (Å²) in [6, 6.07) is 12.5. The number of sulfonamides is 1. The third-order valence-corrected chi connectivity index (χ3v) is 5.97. The topological polar surface area (TPSA) is 70.6 Å². The van der Waals surface area contributed by atoms with Crippen LogP contribution in [0, 0.1) is 0 Å². The molecule has 1 amide bonds. The summed E-state index contributed by atoms with van der Waals surface area (Å²) in [4.78, 5) is 18.0. The summed E-state index contributed by atoms with van der Waals surface area (Å²) in [5, 5.41) is 1.36. The van der Waals surface area contributed by atoms with Gasteiger partial charge in [0, 0.05) is 37.8 Å². The molecule has 3 rings (SSSR count). The Bertz CT molecular complexity index is 908. The van der Waals surface area contributed by atoms with E-state index in [0.717, 1.165) is 5.56 Å². The maximum absolute atomic E-state index is 12.5. The highest BCUT2D eigenvalue weighted by molar-refractivity contribution is 7.92. The molecule has 0 aliphatic carbocycles. The molecule has 0 atom stereocenters. The van der Waals surface area contributed by atoms with E-state index in [4.69, 9.17) is 11.6 Å². The molecule has 0 radical (unpaired) electrons. The molecule has 0 bridgehead atoms. The zero-order valence-electron chi connectivity index (χ0n) is 14.0. The van der Waals surface area contributed by atoms with Gasteiger partial charge in [-0.2, -0.15) is 4.31 Å². The molecule has 26 heavy (non-hydrogen) atoms. The Hall–Kier alpha value is -2.22. The van der Waals surface area contributed by atoms with Crippen LogP contribution >= 0.6 is 11.6 Å². The molecular weight excluding hydrogens is 374 g/mol. The SMILES string of the molecule is O=C(c1cccnc1Cl)N1CCN(S(=O)(=O)C=Cc2ccccc2)CC1. The van der Waals surface area contributed by atoms with Crippen LogP contribution in [0.5, 0.6) is 0 Å². The predicted octanol–water partition coefficient (Wildman–Crippen LogP) is 2.49. The maximum atomic E-state index is 12.5. The van der Waals surface area contributed by atoms with Gasteiger partial charge in [0.25, 0.3) is 5.91 Å². The van der Waals surface area contributed by atoms with Crippen molar-refractivity contribution >= 4 is 33.6 Å². The Morgan fingerprint density at radius 2 is 1.73 bits per heavy atom. The molecule has 6 nitrogen and oxygen atoms in total. The van der Waals surface area contributed by atoms with Crippen LogP contribution in [0.4, 0.5) is 0 Å². The molecule has 8 heteroatoms. The number of nitrogens with zero attached hydrogens (tertiary/aromatic N) is 3. The van der Waals surface area contributed by atoms with Gasteiger partial charge in [0.1, 0.15) is 5.15 Å². The van der Waals surface area contributed by atoms with Gasteiger partial charge in [-0.1, -0.05) is 41.9 Å². The smallest absolute Gasteiger partial charge is 0.257 e. The van der Waals surface area contributed by atoms with Crippen LogP contribution in [-0.2, 0) is 10.0 Å². The average molecular weight is 392 g/mol. The Kier molecular flexibility index (Phi) is 5.70. The Morgan fingerprint density at radius 1 is 1.04 bits per heavy atom. The van der Waals surface area contributed by atoms with Gasteiger partial charge < -0.3 is 4.90 Å². The van der Waals surface area contributed by atoms with Crippen molar-refractivity contribution in [3.63, 3.8) is 0 Å². The lowest BCUT2D eigenvalue weighted by atomic mass is 10.2. The number of carbonyl (C=O) groups is 1. The van der Waals surface area contributed by atoms with E-state index < -0.39 is 10.0 Å². The standard InChI is InChI=1S/C18H18ClN3O3S/c19-17-16(7-4-9-20-17)18(23)21-10-12-22(13-11-21)26(24,25)14-8-15-5-2-1-3-6-15/h1-9,14H,10-13H2. The van der Waals surface area contributed by atoms with E-state index in [1.165, 1.54) is 15.9 Å². The number of rotatable bonds is 4. The van der Waals surface area contributed by atoms with E-state index in [1.54, 1.807) is 23.1 Å². The molecule has 1 aliphatic rings. The van der Waals surface area contributed by atoms with Gasteiger partial charge >= 0.3 is 0 Å². The number of pyridine rings is 1. The molecule has 0 unspecified atom stereocenters. The Morgan fingerprint density at radius 3 is 2.38 bits per heavy atom. The molecule has 0 spiro atoms. The lowest BCUT2D eigenvalue weighted by Crippen LogP contribution is -2.50. The normalized spacial score (nSPS) is 16.1. The fraction of sp³-hybridized carbons (Fsp3) is 0.222. The summed E-state index contributed by atoms with van der Waals surface area (Å²) in [7, 11) is -3.53. The van der Waals surface area contributed by atoms with Crippen molar-refractivity contribution in [3.05, 3.63) is 70.3 Å². The van der Waals surface area contributed by atoms with E-state index in [0.29, 0.717) is 18.7 Å². The van der Waals surface area contributed by atoms with Gasteiger partial charge in [-0.3, -0.25) is 4.79 Å². The lowest BCUT2D eigenvalue weighted by Gasteiger charge is -2.33.